The summed E-state index contributed by atoms with van der Waals surface area (Å²) in [4.78, 5) is 27.9. The van der Waals surface area contributed by atoms with E-state index in [1.807, 2.05) is 0 Å². The molecule has 1 amide bonds. The van der Waals surface area contributed by atoms with Gasteiger partial charge in [0.25, 0.3) is 5.91 Å². The lowest BCUT2D eigenvalue weighted by atomic mass is 10.1. The highest BCUT2D eigenvalue weighted by Gasteiger charge is 2.30. The maximum Gasteiger partial charge on any atom is 0.328 e. The fourth-order valence-corrected chi connectivity index (χ4v) is 2.68. The van der Waals surface area contributed by atoms with Crippen LogP contribution in [0, 0.1) is 12.7 Å². The molecule has 116 valence electrons. The predicted octanol–water partition coefficient (Wildman–Crippen LogP) is 2.85. The zero-order chi connectivity index (χ0) is 16.5. The van der Waals surface area contributed by atoms with E-state index in [1.165, 1.54) is 26.0 Å². The van der Waals surface area contributed by atoms with Crippen LogP contribution in [0.25, 0.3) is 10.6 Å². The van der Waals surface area contributed by atoms with E-state index in [0.29, 0.717) is 21.1 Å². The van der Waals surface area contributed by atoms with Crippen molar-refractivity contribution in [3.05, 3.63) is 40.7 Å². The highest BCUT2D eigenvalue weighted by molar-refractivity contribution is 7.17. The van der Waals surface area contributed by atoms with Crippen LogP contribution in [0.15, 0.2) is 24.3 Å². The number of aliphatic carboxylic acids is 1. The van der Waals surface area contributed by atoms with Crippen molar-refractivity contribution in [1.82, 2.24) is 10.3 Å². The third-order valence-corrected chi connectivity index (χ3v) is 4.26. The van der Waals surface area contributed by atoms with Crippen LogP contribution in [0.3, 0.4) is 0 Å². The van der Waals surface area contributed by atoms with Crippen LogP contribution in [-0.2, 0) is 4.79 Å². The standard InChI is InChI=1S/C15H15FN2O3S/c1-8-11(12(19)18-15(2,3)14(20)21)22-13(17-8)9-4-6-10(16)7-5-9/h4-7H,1-3H3,(H,18,19)(H,20,21). The normalized spacial score (nSPS) is 11.3. The molecule has 0 saturated carbocycles. The Bertz CT molecular complexity index is 723. The van der Waals surface area contributed by atoms with Gasteiger partial charge in [-0.05, 0) is 45.0 Å². The molecule has 22 heavy (non-hydrogen) atoms. The Balaban J connectivity index is 2.28. The Kier molecular flexibility index (Phi) is 4.27. The number of rotatable bonds is 4. The van der Waals surface area contributed by atoms with Crippen molar-refractivity contribution >= 4 is 23.2 Å². The summed E-state index contributed by atoms with van der Waals surface area (Å²) in [7, 11) is 0. The van der Waals surface area contributed by atoms with Gasteiger partial charge < -0.3 is 10.4 Å². The van der Waals surface area contributed by atoms with Crippen molar-refractivity contribution in [2.75, 3.05) is 0 Å². The third-order valence-electron chi connectivity index (χ3n) is 3.05. The van der Waals surface area contributed by atoms with E-state index in [9.17, 15) is 14.0 Å². The first kappa shape index (κ1) is 16.1. The van der Waals surface area contributed by atoms with E-state index in [0.717, 1.165) is 11.3 Å². The largest absolute Gasteiger partial charge is 0.480 e. The molecule has 2 N–H and O–H groups in total. The molecule has 2 rings (SSSR count). The molecule has 5 nitrogen and oxygen atoms in total. The van der Waals surface area contributed by atoms with Crippen molar-refractivity contribution in [2.45, 2.75) is 26.3 Å². The first-order valence-electron chi connectivity index (χ1n) is 6.50. The van der Waals surface area contributed by atoms with Gasteiger partial charge in [0.05, 0.1) is 5.69 Å². The van der Waals surface area contributed by atoms with Crippen LogP contribution in [0.1, 0.15) is 29.2 Å². The quantitative estimate of drug-likeness (QED) is 0.907. The lowest BCUT2D eigenvalue weighted by molar-refractivity contribution is -0.143. The Morgan fingerprint density at radius 2 is 1.86 bits per heavy atom. The van der Waals surface area contributed by atoms with Crippen molar-refractivity contribution in [3.8, 4) is 10.6 Å². The number of carboxylic acids is 1. The average Bonchev–Trinajstić information content (AvgIpc) is 2.81. The van der Waals surface area contributed by atoms with Crippen molar-refractivity contribution in [1.29, 1.82) is 0 Å². The van der Waals surface area contributed by atoms with Crippen LogP contribution < -0.4 is 5.32 Å². The number of nitrogens with one attached hydrogen (secondary N) is 1. The topological polar surface area (TPSA) is 79.3 Å². The number of carbonyl (C=O) groups is 2. The number of carboxylic acid groups (broad SMARTS) is 1. The number of thiazole rings is 1. The number of nitrogens with zero attached hydrogens (tertiary/aromatic N) is 1. The maximum atomic E-state index is 12.9. The highest BCUT2D eigenvalue weighted by atomic mass is 32.1. The van der Waals surface area contributed by atoms with E-state index in [2.05, 4.69) is 10.3 Å². The number of aryl methyl sites for hydroxylation is 1. The molecule has 1 aromatic carbocycles. The summed E-state index contributed by atoms with van der Waals surface area (Å²) >= 11 is 1.14. The van der Waals surface area contributed by atoms with Gasteiger partial charge in [0.1, 0.15) is 21.2 Å². The van der Waals surface area contributed by atoms with Gasteiger partial charge in [-0.25, -0.2) is 14.2 Å². The van der Waals surface area contributed by atoms with Crippen LogP contribution in [-0.4, -0.2) is 27.5 Å². The minimum absolute atomic E-state index is 0.341. The summed E-state index contributed by atoms with van der Waals surface area (Å²) in [6, 6.07) is 5.80. The first-order chi connectivity index (χ1) is 10.2. The second-order valence-electron chi connectivity index (χ2n) is 5.32. The maximum absolute atomic E-state index is 12.9. The molecule has 0 spiro atoms. The number of halogens is 1. The summed E-state index contributed by atoms with van der Waals surface area (Å²) in [6.45, 7) is 4.49. The van der Waals surface area contributed by atoms with Crippen LogP contribution in [0.5, 0.6) is 0 Å². The van der Waals surface area contributed by atoms with Gasteiger partial charge >= 0.3 is 5.97 Å². The zero-order valence-corrected chi connectivity index (χ0v) is 13.1. The molecule has 1 heterocycles. The number of hydrogen-bond acceptors (Lipinski definition) is 4. The summed E-state index contributed by atoms with van der Waals surface area (Å²) in [5.74, 6) is -1.96. The van der Waals surface area contributed by atoms with Crippen molar-refractivity contribution in [2.24, 2.45) is 0 Å². The molecule has 0 unspecified atom stereocenters. The van der Waals surface area contributed by atoms with Gasteiger partial charge in [0.15, 0.2) is 0 Å². The molecule has 0 aliphatic rings. The first-order valence-corrected chi connectivity index (χ1v) is 7.31. The van der Waals surface area contributed by atoms with E-state index < -0.39 is 17.4 Å². The number of aromatic nitrogens is 1. The number of amides is 1. The molecule has 0 bridgehead atoms. The van der Waals surface area contributed by atoms with E-state index in [1.54, 1.807) is 19.1 Å². The fraction of sp³-hybridized carbons (Fsp3) is 0.267. The second-order valence-corrected chi connectivity index (χ2v) is 6.32. The Hall–Kier alpha value is -2.28. The second kappa shape index (κ2) is 5.84. The predicted molar refractivity (Wildman–Crippen MR) is 81.4 cm³/mol. The minimum atomic E-state index is -1.37. The lowest BCUT2D eigenvalue weighted by Gasteiger charge is -2.20. The van der Waals surface area contributed by atoms with Gasteiger partial charge in [-0.15, -0.1) is 11.3 Å². The van der Waals surface area contributed by atoms with Gasteiger partial charge in [-0.3, -0.25) is 4.79 Å². The molecular weight excluding hydrogens is 307 g/mol. The lowest BCUT2D eigenvalue weighted by Crippen LogP contribution is -2.49. The summed E-state index contributed by atoms with van der Waals surface area (Å²) in [5.41, 5.74) is -0.169. The van der Waals surface area contributed by atoms with Gasteiger partial charge in [-0.1, -0.05) is 0 Å². The number of hydrogen-bond donors (Lipinski definition) is 2. The molecule has 0 aliphatic heterocycles. The molecule has 2 aromatic rings. The average molecular weight is 322 g/mol. The van der Waals surface area contributed by atoms with Gasteiger partial charge in [-0.2, -0.15) is 0 Å². The number of carbonyl (C=O) groups excluding carboxylic acids is 1. The summed E-state index contributed by atoms with van der Waals surface area (Å²) in [6.07, 6.45) is 0. The van der Waals surface area contributed by atoms with Gasteiger partial charge in [0, 0.05) is 5.56 Å². The molecule has 1 aromatic heterocycles. The Labute approximate surface area is 130 Å². The highest BCUT2D eigenvalue weighted by Crippen LogP contribution is 2.28. The summed E-state index contributed by atoms with van der Waals surface area (Å²) < 4.78 is 12.9. The van der Waals surface area contributed by atoms with E-state index in [4.69, 9.17) is 5.11 Å². The fourth-order valence-electron chi connectivity index (χ4n) is 1.72. The van der Waals surface area contributed by atoms with Crippen LogP contribution >= 0.6 is 11.3 Å². The molecule has 0 aliphatic carbocycles. The molecule has 0 saturated heterocycles. The smallest absolute Gasteiger partial charge is 0.328 e. The summed E-state index contributed by atoms with van der Waals surface area (Å²) in [5, 5.41) is 12.1. The van der Waals surface area contributed by atoms with Crippen LogP contribution in [0.2, 0.25) is 0 Å². The van der Waals surface area contributed by atoms with Crippen LogP contribution in [0.4, 0.5) is 4.39 Å². The molecular formula is C15H15FN2O3S. The minimum Gasteiger partial charge on any atom is -0.480 e. The van der Waals surface area contributed by atoms with Crippen molar-refractivity contribution < 1.29 is 19.1 Å². The van der Waals surface area contributed by atoms with E-state index >= 15 is 0 Å². The SMILES string of the molecule is Cc1nc(-c2ccc(F)cc2)sc1C(=O)NC(C)(C)C(=O)O. The molecule has 7 heteroatoms. The molecule has 0 fully saturated rings. The Morgan fingerprint density at radius 1 is 1.27 bits per heavy atom. The van der Waals surface area contributed by atoms with E-state index in [-0.39, 0.29) is 5.82 Å². The number of benzene rings is 1. The Morgan fingerprint density at radius 3 is 2.41 bits per heavy atom. The monoisotopic (exact) mass is 322 g/mol. The molecule has 0 radical (unpaired) electrons. The van der Waals surface area contributed by atoms with Gasteiger partial charge in [0.2, 0.25) is 0 Å². The zero-order valence-electron chi connectivity index (χ0n) is 12.3. The van der Waals surface area contributed by atoms with Crippen molar-refractivity contribution in [3.63, 3.8) is 0 Å². The molecule has 0 atom stereocenters. The third kappa shape index (κ3) is 3.30.